The second-order valence-corrected chi connectivity index (χ2v) is 5.31. The van der Waals surface area contributed by atoms with Gasteiger partial charge in [-0.2, -0.15) is 22.5 Å². The molecule has 1 rings (SSSR count). The lowest BCUT2D eigenvalue weighted by atomic mass is 10.6. The van der Waals surface area contributed by atoms with Crippen molar-refractivity contribution in [2.45, 2.75) is 10.5 Å². The van der Waals surface area contributed by atoms with Crippen molar-refractivity contribution >= 4 is 31.3 Å². The molecule has 0 aliphatic carbocycles. The van der Waals surface area contributed by atoms with Gasteiger partial charge in [0, 0.05) is 10.7 Å². The van der Waals surface area contributed by atoms with E-state index in [1.165, 1.54) is 0 Å². The number of halogens is 4. The first-order valence-corrected chi connectivity index (χ1v) is 5.65. The minimum Gasteiger partial charge on any atom is -0.204 e. The highest BCUT2D eigenvalue weighted by Gasteiger charge is 2.37. The van der Waals surface area contributed by atoms with Gasteiger partial charge in [-0.15, -0.1) is 0 Å². The molecule has 0 atom stereocenters. The molecule has 13 heavy (non-hydrogen) atoms. The lowest BCUT2D eigenvalue weighted by molar-refractivity contribution is -0.144. The van der Waals surface area contributed by atoms with E-state index < -0.39 is 25.4 Å². The summed E-state index contributed by atoms with van der Waals surface area (Å²) in [6.45, 7) is 0. The number of hydrogen-bond acceptors (Lipinski definition) is 5. The molecule has 0 saturated heterocycles. The molecule has 1 aromatic heterocycles. The van der Waals surface area contributed by atoms with E-state index in [1.807, 2.05) is 0 Å². The van der Waals surface area contributed by atoms with Crippen LogP contribution in [-0.4, -0.2) is 17.8 Å². The molecule has 0 aliphatic rings. The van der Waals surface area contributed by atoms with E-state index in [-0.39, 0.29) is 11.5 Å². The zero-order chi connectivity index (χ0) is 10.3. The lowest BCUT2D eigenvalue weighted by Crippen LogP contribution is -2.07. The summed E-state index contributed by atoms with van der Waals surface area (Å²) in [5, 5.41) is 0. The molecule has 0 saturated carbocycles. The fourth-order valence-electron chi connectivity index (χ4n) is 0.424. The number of rotatable bonds is 1. The van der Waals surface area contributed by atoms with Gasteiger partial charge in [-0.1, -0.05) is 0 Å². The highest BCUT2D eigenvalue weighted by Crippen LogP contribution is 2.29. The average molecular weight is 253 g/mol. The second kappa shape index (κ2) is 3.07. The van der Waals surface area contributed by atoms with Gasteiger partial charge < -0.3 is 0 Å². The van der Waals surface area contributed by atoms with Crippen molar-refractivity contribution in [3.05, 3.63) is 5.82 Å². The normalized spacial score (nSPS) is 13.2. The Balaban J connectivity index is 3.16. The van der Waals surface area contributed by atoms with Crippen molar-refractivity contribution in [3.63, 3.8) is 0 Å². The molecule has 74 valence electrons. The highest BCUT2D eigenvalue weighted by molar-refractivity contribution is 8.14. The van der Waals surface area contributed by atoms with Crippen LogP contribution in [0.2, 0.25) is 0 Å². The van der Waals surface area contributed by atoms with Gasteiger partial charge in [-0.3, -0.25) is 0 Å². The predicted molar refractivity (Wildman–Crippen MR) is 37.9 cm³/mol. The van der Waals surface area contributed by atoms with E-state index in [9.17, 15) is 21.6 Å². The van der Waals surface area contributed by atoms with Crippen LogP contribution in [0.4, 0.5) is 13.2 Å². The number of hydrogen-bond donors (Lipinski definition) is 0. The third kappa shape index (κ3) is 2.51. The van der Waals surface area contributed by atoms with Crippen molar-refractivity contribution in [1.29, 1.82) is 0 Å². The maximum atomic E-state index is 11.8. The molecule has 0 fully saturated rings. The molecule has 0 aromatic carbocycles. The third-order valence-corrected chi connectivity index (χ3v) is 3.48. The monoisotopic (exact) mass is 252 g/mol. The fourth-order valence-corrected chi connectivity index (χ4v) is 1.88. The molecule has 4 nitrogen and oxygen atoms in total. The zero-order valence-corrected chi connectivity index (χ0v) is 7.93. The number of alkyl halides is 3. The Morgan fingerprint density at radius 1 is 1.38 bits per heavy atom. The molecule has 1 aromatic rings. The summed E-state index contributed by atoms with van der Waals surface area (Å²) in [6.07, 6.45) is -4.75. The number of aromatic nitrogens is 2. The lowest BCUT2D eigenvalue weighted by Gasteiger charge is -1.97. The van der Waals surface area contributed by atoms with Crippen LogP contribution in [-0.2, 0) is 15.2 Å². The van der Waals surface area contributed by atoms with E-state index in [4.69, 9.17) is 10.7 Å². The van der Waals surface area contributed by atoms with Crippen LogP contribution in [0.3, 0.4) is 0 Å². The highest BCUT2D eigenvalue weighted by atomic mass is 35.7. The first kappa shape index (κ1) is 10.7. The van der Waals surface area contributed by atoms with Crippen LogP contribution < -0.4 is 0 Å². The summed E-state index contributed by atoms with van der Waals surface area (Å²) in [5.41, 5.74) is 0. The standard InChI is InChI=1S/C3ClF3N2O2S2/c4-13(10,11)2-8-1(9-12-2)3(5,6)7. The second-order valence-electron chi connectivity index (χ2n) is 1.82. The van der Waals surface area contributed by atoms with Crippen LogP contribution in [0.15, 0.2) is 4.34 Å². The SMILES string of the molecule is O=S(=O)(Cl)c1nc(C(F)(F)F)ns1. The minimum absolute atomic E-state index is 0.0823. The maximum Gasteiger partial charge on any atom is 0.452 e. The van der Waals surface area contributed by atoms with Crippen molar-refractivity contribution < 1.29 is 21.6 Å². The van der Waals surface area contributed by atoms with Gasteiger partial charge in [-0.25, -0.2) is 8.42 Å². The maximum absolute atomic E-state index is 11.8. The largest absolute Gasteiger partial charge is 0.452 e. The summed E-state index contributed by atoms with van der Waals surface area (Å²) in [6, 6.07) is 0. The van der Waals surface area contributed by atoms with E-state index in [0.717, 1.165) is 0 Å². The van der Waals surface area contributed by atoms with Crippen molar-refractivity contribution in [2.24, 2.45) is 0 Å². The summed E-state index contributed by atoms with van der Waals surface area (Å²) in [4.78, 5) is 2.72. The quantitative estimate of drug-likeness (QED) is 0.711. The fraction of sp³-hybridized carbons (Fsp3) is 0.333. The Morgan fingerprint density at radius 3 is 2.15 bits per heavy atom. The van der Waals surface area contributed by atoms with Gasteiger partial charge in [0.05, 0.1) is 0 Å². The van der Waals surface area contributed by atoms with Crippen LogP contribution in [0.5, 0.6) is 0 Å². The zero-order valence-electron chi connectivity index (χ0n) is 5.54. The molecular formula is C3ClF3N2O2S2. The van der Waals surface area contributed by atoms with E-state index in [0.29, 0.717) is 0 Å². The molecule has 0 spiro atoms. The average Bonchev–Trinajstić information content (AvgIpc) is 2.28. The minimum atomic E-state index is -4.75. The van der Waals surface area contributed by atoms with E-state index >= 15 is 0 Å². The van der Waals surface area contributed by atoms with Crippen LogP contribution in [0.1, 0.15) is 5.82 Å². The molecule has 0 amide bonds. The van der Waals surface area contributed by atoms with Gasteiger partial charge in [0.25, 0.3) is 9.05 Å². The van der Waals surface area contributed by atoms with E-state index in [1.54, 1.807) is 0 Å². The van der Waals surface area contributed by atoms with Crippen molar-refractivity contribution in [2.75, 3.05) is 0 Å². The summed E-state index contributed by atoms with van der Waals surface area (Å²) in [7, 11) is 0.510. The molecular weight excluding hydrogens is 253 g/mol. The van der Waals surface area contributed by atoms with Gasteiger partial charge in [0.1, 0.15) is 0 Å². The molecule has 0 aliphatic heterocycles. The Kier molecular flexibility index (Phi) is 2.52. The molecule has 1 heterocycles. The Bertz CT molecular complexity index is 411. The Labute approximate surface area is 78.9 Å². The van der Waals surface area contributed by atoms with Gasteiger partial charge in [0.15, 0.2) is 0 Å². The predicted octanol–water partition coefficient (Wildman–Crippen LogP) is 1.48. The van der Waals surface area contributed by atoms with Crippen molar-refractivity contribution in [1.82, 2.24) is 9.36 Å². The van der Waals surface area contributed by atoms with Gasteiger partial charge in [0.2, 0.25) is 10.2 Å². The smallest absolute Gasteiger partial charge is 0.204 e. The summed E-state index contributed by atoms with van der Waals surface area (Å²) in [5.74, 6) is -1.50. The van der Waals surface area contributed by atoms with Crippen LogP contribution >= 0.6 is 22.2 Å². The van der Waals surface area contributed by atoms with Crippen LogP contribution in [0.25, 0.3) is 0 Å². The first-order chi connectivity index (χ1) is 5.71. The topological polar surface area (TPSA) is 59.9 Å². The van der Waals surface area contributed by atoms with Crippen LogP contribution in [0, 0.1) is 0 Å². The molecule has 0 bridgehead atoms. The first-order valence-electron chi connectivity index (χ1n) is 2.57. The summed E-state index contributed by atoms with van der Waals surface area (Å²) >= 11 is 0.0823. The van der Waals surface area contributed by atoms with E-state index in [2.05, 4.69) is 9.36 Å². The Morgan fingerprint density at radius 2 is 1.92 bits per heavy atom. The molecule has 10 heteroatoms. The molecule has 0 unspecified atom stereocenters. The molecule has 0 radical (unpaired) electrons. The molecule has 0 N–H and O–H groups in total. The summed E-state index contributed by atoms with van der Waals surface area (Å²) < 4.78 is 58.4. The number of nitrogens with zero attached hydrogens (tertiary/aromatic N) is 2. The third-order valence-electron chi connectivity index (χ3n) is 0.870. The Hall–Kier alpha value is -0.410. The van der Waals surface area contributed by atoms with Crippen molar-refractivity contribution in [3.8, 4) is 0 Å². The van der Waals surface area contributed by atoms with Gasteiger partial charge >= 0.3 is 6.18 Å². The van der Waals surface area contributed by atoms with Gasteiger partial charge in [-0.05, 0) is 11.5 Å².